The summed E-state index contributed by atoms with van der Waals surface area (Å²) in [5.74, 6) is 1.99. The number of ether oxygens (including phenoxy) is 4. The minimum absolute atomic E-state index is 0.166. The fraction of sp³-hybridized carbons (Fsp3) is 0.136. The number of furan rings is 1. The van der Waals surface area contributed by atoms with Crippen LogP contribution in [0.1, 0.15) is 0 Å². The molecule has 1 aliphatic heterocycles. The fourth-order valence-electron chi connectivity index (χ4n) is 3.32. The van der Waals surface area contributed by atoms with Crippen molar-refractivity contribution in [3.8, 4) is 23.0 Å². The molecule has 1 aromatic heterocycles. The largest absolute Gasteiger partial charge is 0.495 e. The Labute approximate surface area is 165 Å². The molecule has 0 unspecified atom stereocenters. The number of rotatable bonds is 5. The molecule has 7 heteroatoms. The van der Waals surface area contributed by atoms with Gasteiger partial charge < -0.3 is 28.7 Å². The molecule has 0 bridgehead atoms. The zero-order chi connectivity index (χ0) is 19.8. The standard InChI is InChI=1S/C22H17NO6/c1-25-20-9-15-14-4-2-3-5-17(14)29-19(15)10-16(20)23-22(24)11-26-13-6-7-18-21(8-13)28-12-27-18/h2-10H,11-12H2,1H3,(H,23,24). The molecule has 29 heavy (non-hydrogen) atoms. The zero-order valence-electron chi connectivity index (χ0n) is 15.6. The SMILES string of the molecule is COc1cc2c(cc1NC(=O)COc1ccc3c(c1)OCO3)oc1ccccc12. The second-order valence-electron chi connectivity index (χ2n) is 6.50. The first-order valence-corrected chi connectivity index (χ1v) is 9.03. The second kappa shape index (κ2) is 6.94. The van der Waals surface area contributed by atoms with Crippen molar-refractivity contribution in [2.24, 2.45) is 0 Å². The summed E-state index contributed by atoms with van der Waals surface area (Å²) >= 11 is 0. The predicted molar refractivity (Wildman–Crippen MR) is 107 cm³/mol. The van der Waals surface area contributed by atoms with Crippen molar-refractivity contribution in [1.82, 2.24) is 0 Å². The van der Waals surface area contributed by atoms with Crippen LogP contribution >= 0.6 is 0 Å². The summed E-state index contributed by atoms with van der Waals surface area (Å²) in [6.07, 6.45) is 0. The lowest BCUT2D eigenvalue weighted by Crippen LogP contribution is -2.20. The van der Waals surface area contributed by atoms with Gasteiger partial charge in [0.25, 0.3) is 5.91 Å². The minimum Gasteiger partial charge on any atom is -0.495 e. The first-order valence-electron chi connectivity index (χ1n) is 9.03. The van der Waals surface area contributed by atoms with Crippen LogP contribution in [0, 0.1) is 0 Å². The van der Waals surface area contributed by atoms with Crippen molar-refractivity contribution in [2.75, 3.05) is 25.8 Å². The van der Waals surface area contributed by atoms with Crippen molar-refractivity contribution in [2.45, 2.75) is 0 Å². The van der Waals surface area contributed by atoms with Crippen LogP contribution in [-0.2, 0) is 4.79 Å². The lowest BCUT2D eigenvalue weighted by atomic mass is 10.1. The Morgan fingerprint density at radius 1 is 1.00 bits per heavy atom. The lowest BCUT2D eigenvalue weighted by molar-refractivity contribution is -0.118. The van der Waals surface area contributed by atoms with E-state index in [9.17, 15) is 4.79 Å². The molecule has 0 saturated heterocycles. The Morgan fingerprint density at radius 2 is 1.86 bits per heavy atom. The molecule has 5 rings (SSSR count). The molecule has 146 valence electrons. The fourth-order valence-corrected chi connectivity index (χ4v) is 3.32. The van der Waals surface area contributed by atoms with Gasteiger partial charge in [0, 0.05) is 22.9 Å². The van der Waals surface area contributed by atoms with Crippen LogP contribution in [0.3, 0.4) is 0 Å². The van der Waals surface area contributed by atoms with E-state index in [1.54, 1.807) is 31.4 Å². The molecule has 0 spiro atoms. The second-order valence-corrected chi connectivity index (χ2v) is 6.50. The van der Waals surface area contributed by atoms with E-state index in [4.69, 9.17) is 23.4 Å². The molecule has 4 aromatic rings. The molecule has 0 saturated carbocycles. The number of benzene rings is 3. The van der Waals surface area contributed by atoms with Crippen molar-refractivity contribution in [3.63, 3.8) is 0 Å². The van der Waals surface area contributed by atoms with Gasteiger partial charge in [-0.25, -0.2) is 0 Å². The topological polar surface area (TPSA) is 79.2 Å². The van der Waals surface area contributed by atoms with Crippen molar-refractivity contribution in [1.29, 1.82) is 0 Å². The Morgan fingerprint density at radius 3 is 2.76 bits per heavy atom. The number of anilines is 1. The summed E-state index contributed by atoms with van der Waals surface area (Å²) in [5, 5.41) is 4.73. The number of hydrogen-bond donors (Lipinski definition) is 1. The Bertz CT molecular complexity index is 1230. The van der Waals surface area contributed by atoms with Crippen LogP contribution in [0.25, 0.3) is 21.9 Å². The van der Waals surface area contributed by atoms with E-state index in [1.807, 2.05) is 30.3 Å². The van der Waals surface area contributed by atoms with Gasteiger partial charge in [-0.2, -0.15) is 0 Å². The quantitative estimate of drug-likeness (QED) is 0.545. The molecule has 1 N–H and O–H groups in total. The van der Waals surface area contributed by atoms with Gasteiger partial charge in [-0.3, -0.25) is 4.79 Å². The van der Waals surface area contributed by atoms with Gasteiger partial charge in [0.1, 0.15) is 22.7 Å². The van der Waals surface area contributed by atoms with Crippen LogP contribution < -0.4 is 24.3 Å². The number of carbonyl (C=O) groups excluding carboxylic acids is 1. The molecule has 2 heterocycles. The molecule has 3 aromatic carbocycles. The third kappa shape index (κ3) is 3.16. The van der Waals surface area contributed by atoms with Crippen LogP contribution in [0.2, 0.25) is 0 Å². The van der Waals surface area contributed by atoms with E-state index in [0.29, 0.717) is 34.3 Å². The van der Waals surface area contributed by atoms with Gasteiger partial charge >= 0.3 is 0 Å². The van der Waals surface area contributed by atoms with Gasteiger partial charge in [0.15, 0.2) is 18.1 Å². The molecule has 0 fully saturated rings. The number of methoxy groups -OCH3 is 1. The molecule has 7 nitrogen and oxygen atoms in total. The molecular formula is C22H17NO6. The lowest BCUT2D eigenvalue weighted by Gasteiger charge is -2.11. The molecule has 0 radical (unpaired) electrons. The number of para-hydroxylation sites is 1. The third-order valence-electron chi connectivity index (χ3n) is 4.69. The first kappa shape index (κ1) is 17.2. The highest BCUT2D eigenvalue weighted by Crippen LogP contribution is 2.37. The first-order chi connectivity index (χ1) is 14.2. The van der Waals surface area contributed by atoms with Crippen molar-refractivity contribution >= 4 is 33.5 Å². The van der Waals surface area contributed by atoms with Crippen molar-refractivity contribution < 1.29 is 28.2 Å². The van der Waals surface area contributed by atoms with Crippen LogP contribution in [0.15, 0.2) is 59.0 Å². The highest BCUT2D eigenvalue weighted by atomic mass is 16.7. The van der Waals surface area contributed by atoms with Gasteiger partial charge in [0.2, 0.25) is 6.79 Å². The summed E-state index contributed by atoms with van der Waals surface area (Å²) < 4.78 is 27.5. The monoisotopic (exact) mass is 391 g/mol. The Hall–Kier alpha value is -3.87. The van der Waals surface area contributed by atoms with E-state index < -0.39 is 0 Å². The van der Waals surface area contributed by atoms with E-state index in [-0.39, 0.29) is 19.3 Å². The molecule has 0 aliphatic carbocycles. The van der Waals surface area contributed by atoms with Gasteiger partial charge in [-0.15, -0.1) is 0 Å². The average Bonchev–Trinajstić information content (AvgIpc) is 3.35. The summed E-state index contributed by atoms with van der Waals surface area (Å²) in [4.78, 5) is 12.4. The van der Waals surface area contributed by atoms with Crippen molar-refractivity contribution in [3.05, 3.63) is 54.6 Å². The maximum atomic E-state index is 12.4. The van der Waals surface area contributed by atoms with E-state index in [2.05, 4.69) is 5.32 Å². The highest BCUT2D eigenvalue weighted by Gasteiger charge is 2.16. The van der Waals surface area contributed by atoms with E-state index in [0.717, 1.165) is 16.4 Å². The molecular weight excluding hydrogens is 374 g/mol. The normalized spacial score (nSPS) is 12.3. The van der Waals surface area contributed by atoms with E-state index >= 15 is 0 Å². The van der Waals surface area contributed by atoms with Gasteiger partial charge in [-0.1, -0.05) is 18.2 Å². The predicted octanol–water partition coefficient (Wildman–Crippen LogP) is 4.34. The Balaban J connectivity index is 1.35. The summed E-state index contributed by atoms with van der Waals surface area (Å²) in [7, 11) is 1.56. The molecule has 0 atom stereocenters. The highest BCUT2D eigenvalue weighted by molar-refractivity contribution is 6.07. The molecule has 1 amide bonds. The summed E-state index contributed by atoms with van der Waals surface area (Å²) in [6.45, 7) is 0.0182. The number of fused-ring (bicyclic) bond motifs is 4. The van der Waals surface area contributed by atoms with Gasteiger partial charge in [0.05, 0.1) is 12.8 Å². The smallest absolute Gasteiger partial charge is 0.262 e. The number of amides is 1. The average molecular weight is 391 g/mol. The van der Waals surface area contributed by atoms with Crippen LogP contribution in [-0.4, -0.2) is 26.4 Å². The third-order valence-corrected chi connectivity index (χ3v) is 4.69. The summed E-state index contributed by atoms with van der Waals surface area (Å²) in [5.41, 5.74) is 1.96. The maximum Gasteiger partial charge on any atom is 0.262 e. The number of nitrogens with one attached hydrogen (secondary N) is 1. The zero-order valence-corrected chi connectivity index (χ0v) is 15.6. The van der Waals surface area contributed by atoms with Crippen LogP contribution in [0.5, 0.6) is 23.0 Å². The molecule has 1 aliphatic rings. The number of hydrogen-bond acceptors (Lipinski definition) is 6. The van der Waals surface area contributed by atoms with Crippen LogP contribution in [0.4, 0.5) is 5.69 Å². The number of carbonyl (C=O) groups is 1. The van der Waals surface area contributed by atoms with E-state index in [1.165, 1.54) is 0 Å². The van der Waals surface area contributed by atoms with Gasteiger partial charge in [-0.05, 0) is 24.3 Å². The Kier molecular flexibility index (Phi) is 4.13. The maximum absolute atomic E-state index is 12.4. The minimum atomic E-state index is -0.323. The summed E-state index contributed by atoms with van der Waals surface area (Å²) in [6, 6.07) is 16.5.